The van der Waals surface area contributed by atoms with E-state index < -0.39 is 0 Å². The van der Waals surface area contributed by atoms with Crippen molar-refractivity contribution in [3.05, 3.63) is 66.4 Å². The van der Waals surface area contributed by atoms with Gasteiger partial charge in [-0.1, -0.05) is 30.3 Å². The highest BCUT2D eigenvalue weighted by Crippen LogP contribution is 2.23. The van der Waals surface area contributed by atoms with Gasteiger partial charge in [-0.2, -0.15) is 0 Å². The Balaban J connectivity index is 1.98. The molecule has 1 amide bonds. The van der Waals surface area contributed by atoms with Crippen LogP contribution in [0.15, 0.2) is 60.8 Å². The number of nitrogens with zero attached hydrogens (tertiary/aromatic N) is 1. The van der Waals surface area contributed by atoms with E-state index in [1.165, 1.54) is 6.07 Å². The molecule has 0 bridgehead atoms. The third kappa shape index (κ3) is 2.19. The quantitative estimate of drug-likeness (QED) is 0.747. The third-order valence-corrected chi connectivity index (χ3v) is 3.05. The maximum Gasteiger partial charge on any atom is 0.259 e. The standard InChI is InChI=1S/C16H12N2O2/c19-15-8-4-2-6-12(15)16(20)18-14-9-10-17-13-7-3-1-5-11(13)14/h1-10,19H,(H,17,18,20). The molecule has 0 aliphatic rings. The Hall–Kier alpha value is -2.88. The van der Waals surface area contributed by atoms with Crippen LogP contribution in [0.1, 0.15) is 10.4 Å². The molecule has 0 atom stereocenters. The maximum atomic E-state index is 12.2. The Bertz CT molecular complexity index is 779. The van der Waals surface area contributed by atoms with Crippen LogP contribution >= 0.6 is 0 Å². The molecule has 0 saturated carbocycles. The number of anilines is 1. The molecule has 0 aliphatic heterocycles. The summed E-state index contributed by atoms with van der Waals surface area (Å²) in [6, 6.07) is 15.7. The fraction of sp³-hybridized carbons (Fsp3) is 0. The highest BCUT2D eigenvalue weighted by atomic mass is 16.3. The van der Waals surface area contributed by atoms with E-state index in [4.69, 9.17) is 0 Å². The average molecular weight is 264 g/mol. The number of para-hydroxylation sites is 2. The number of aromatic hydroxyl groups is 1. The molecule has 1 heterocycles. The van der Waals surface area contributed by atoms with Gasteiger partial charge in [0.25, 0.3) is 5.91 Å². The maximum absolute atomic E-state index is 12.2. The van der Waals surface area contributed by atoms with Crippen molar-refractivity contribution >= 4 is 22.5 Å². The Morgan fingerprint density at radius 1 is 1.00 bits per heavy atom. The summed E-state index contributed by atoms with van der Waals surface area (Å²) < 4.78 is 0. The van der Waals surface area contributed by atoms with Crippen LogP contribution in [0, 0.1) is 0 Å². The fourth-order valence-corrected chi connectivity index (χ4v) is 2.06. The summed E-state index contributed by atoms with van der Waals surface area (Å²) in [6.07, 6.45) is 1.64. The van der Waals surface area contributed by atoms with Crippen LogP contribution in [0.25, 0.3) is 10.9 Å². The second-order valence-electron chi connectivity index (χ2n) is 4.35. The summed E-state index contributed by atoms with van der Waals surface area (Å²) in [5.74, 6) is -0.386. The topological polar surface area (TPSA) is 62.2 Å². The van der Waals surface area contributed by atoms with E-state index in [1.807, 2.05) is 24.3 Å². The number of pyridine rings is 1. The minimum Gasteiger partial charge on any atom is -0.507 e. The third-order valence-electron chi connectivity index (χ3n) is 3.05. The lowest BCUT2D eigenvalue weighted by Crippen LogP contribution is -2.12. The first kappa shape index (κ1) is 12.2. The van der Waals surface area contributed by atoms with Gasteiger partial charge >= 0.3 is 0 Å². The highest BCUT2D eigenvalue weighted by Gasteiger charge is 2.11. The molecule has 0 spiro atoms. The Kier molecular flexibility index (Phi) is 3.05. The molecule has 4 nitrogen and oxygen atoms in total. The molecule has 4 heteroatoms. The number of hydrogen-bond acceptors (Lipinski definition) is 3. The normalized spacial score (nSPS) is 10.4. The second kappa shape index (κ2) is 5.01. The highest BCUT2D eigenvalue weighted by molar-refractivity contribution is 6.09. The molecule has 0 saturated heterocycles. The molecule has 0 aliphatic carbocycles. The number of phenolic OH excluding ortho intramolecular Hbond substituents is 1. The predicted molar refractivity (Wildman–Crippen MR) is 77.8 cm³/mol. The number of hydrogen-bond donors (Lipinski definition) is 2. The van der Waals surface area contributed by atoms with Crippen LogP contribution in [0.2, 0.25) is 0 Å². The molecular formula is C16H12N2O2. The zero-order valence-electron chi connectivity index (χ0n) is 10.6. The molecule has 3 rings (SSSR count). The Labute approximate surface area is 115 Å². The zero-order chi connectivity index (χ0) is 13.9. The first-order valence-electron chi connectivity index (χ1n) is 6.19. The van der Waals surface area contributed by atoms with E-state index in [0.29, 0.717) is 5.69 Å². The van der Waals surface area contributed by atoms with Gasteiger partial charge in [-0.05, 0) is 24.3 Å². The number of carbonyl (C=O) groups excluding carboxylic acids is 1. The largest absolute Gasteiger partial charge is 0.507 e. The summed E-state index contributed by atoms with van der Waals surface area (Å²) in [6.45, 7) is 0. The van der Waals surface area contributed by atoms with Gasteiger partial charge in [-0.3, -0.25) is 9.78 Å². The van der Waals surface area contributed by atoms with E-state index in [2.05, 4.69) is 10.3 Å². The Morgan fingerprint density at radius 2 is 1.75 bits per heavy atom. The molecule has 0 fully saturated rings. The molecule has 3 aromatic rings. The van der Waals surface area contributed by atoms with Gasteiger partial charge in [0.1, 0.15) is 5.75 Å². The number of phenols is 1. The molecule has 0 unspecified atom stereocenters. The first-order chi connectivity index (χ1) is 9.75. The minimum atomic E-state index is -0.348. The average Bonchev–Trinajstić information content (AvgIpc) is 2.48. The van der Waals surface area contributed by atoms with Crippen molar-refractivity contribution < 1.29 is 9.90 Å². The van der Waals surface area contributed by atoms with E-state index in [0.717, 1.165) is 10.9 Å². The fourth-order valence-electron chi connectivity index (χ4n) is 2.06. The summed E-state index contributed by atoms with van der Waals surface area (Å²) in [4.78, 5) is 16.4. The van der Waals surface area contributed by atoms with Gasteiger partial charge in [0.05, 0.1) is 16.8 Å². The molecular weight excluding hydrogens is 252 g/mol. The number of carbonyl (C=O) groups is 1. The van der Waals surface area contributed by atoms with Gasteiger partial charge in [-0.25, -0.2) is 0 Å². The van der Waals surface area contributed by atoms with Gasteiger partial charge < -0.3 is 10.4 Å². The van der Waals surface area contributed by atoms with Gasteiger partial charge in [-0.15, -0.1) is 0 Å². The number of benzene rings is 2. The van der Waals surface area contributed by atoms with Crippen molar-refractivity contribution in [2.75, 3.05) is 5.32 Å². The van der Waals surface area contributed by atoms with E-state index in [1.54, 1.807) is 30.5 Å². The summed E-state index contributed by atoms with van der Waals surface area (Å²) >= 11 is 0. The van der Waals surface area contributed by atoms with E-state index >= 15 is 0 Å². The van der Waals surface area contributed by atoms with Crippen LogP contribution in [0.4, 0.5) is 5.69 Å². The van der Waals surface area contributed by atoms with Crippen LogP contribution in [-0.4, -0.2) is 16.0 Å². The number of amides is 1. The number of fused-ring (bicyclic) bond motifs is 1. The van der Waals surface area contributed by atoms with Crippen molar-refractivity contribution in [2.24, 2.45) is 0 Å². The minimum absolute atomic E-state index is 0.0386. The SMILES string of the molecule is O=C(Nc1ccnc2ccccc12)c1ccccc1O. The van der Waals surface area contributed by atoms with Crippen LogP contribution in [0.5, 0.6) is 5.75 Å². The smallest absolute Gasteiger partial charge is 0.259 e. The first-order valence-corrected chi connectivity index (χ1v) is 6.19. The lowest BCUT2D eigenvalue weighted by atomic mass is 10.1. The van der Waals surface area contributed by atoms with Gasteiger partial charge in [0.15, 0.2) is 0 Å². The predicted octanol–water partition coefficient (Wildman–Crippen LogP) is 3.19. The van der Waals surface area contributed by atoms with Crippen LogP contribution in [0.3, 0.4) is 0 Å². The van der Waals surface area contributed by atoms with Gasteiger partial charge in [0.2, 0.25) is 0 Å². The lowest BCUT2D eigenvalue weighted by Gasteiger charge is -2.09. The monoisotopic (exact) mass is 264 g/mol. The molecule has 2 aromatic carbocycles. The molecule has 0 radical (unpaired) electrons. The van der Waals surface area contributed by atoms with Gasteiger partial charge in [0, 0.05) is 11.6 Å². The number of nitrogens with one attached hydrogen (secondary N) is 1. The van der Waals surface area contributed by atoms with E-state index in [-0.39, 0.29) is 17.2 Å². The summed E-state index contributed by atoms with van der Waals surface area (Å²) in [5, 5.41) is 13.4. The van der Waals surface area contributed by atoms with Crippen molar-refractivity contribution in [1.29, 1.82) is 0 Å². The second-order valence-corrected chi connectivity index (χ2v) is 4.35. The number of aromatic nitrogens is 1. The zero-order valence-corrected chi connectivity index (χ0v) is 10.6. The molecule has 20 heavy (non-hydrogen) atoms. The van der Waals surface area contributed by atoms with Crippen LogP contribution < -0.4 is 5.32 Å². The molecule has 2 N–H and O–H groups in total. The van der Waals surface area contributed by atoms with Crippen LogP contribution in [-0.2, 0) is 0 Å². The number of rotatable bonds is 2. The lowest BCUT2D eigenvalue weighted by molar-refractivity contribution is 0.102. The van der Waals surface area contributed by atoms with Crippen molar-refractivity contribution in [1.82, 2.24) is 4.98 Å². The van der Waals surface area contributed by atoms with Crippen molar-refractivity contribution in [3.63, 3.8) is 0 Å². The van der Waals surface area contributed by atoms with Crippen molar-refractivity contribution in [3.8, 4) is 5.75 Å². The summed E-state index contributed by atoms with van der Waals surface area (Å²) in [5.41, 5.74) is 1.72. The summed E-state index contributed by atoms with van der Waals surface area (Å²) in [7, 11) is 0. The molecule has 98 valence electrons. The molecule has 1 aromatic heterocycles. The Morgan fingerprint density at radius 3 is 2.60 bits per heavy atom. The van der Waals surface area contributed by atoms with Crippen molar-refractivity contribution in [2.45, 2.75) is 0 Å². The van der Waals surface area contributed by atoms with E-state index in [9.17, 15) is 9.90 Å².